The zero-order valence-corrected chi connectivity index (χ0v) is 11.1. The monoisotopic (exact) mass is 276 g/mol. The van der Waals surface area contributed by atoms with E-state index in [1.165, 1.54) is 0 Å². The minimum atomic E-state index is -0.178. The van der Waals surface area contributed by atoms with Gasteiger partial charge in [0.05, 0.1) is 17.8 Å². The summed E-state index contributed by atoms with van der Waals surface area (Å²) in [6.45, 7) is 0.561. The molecule has 1 N–H and O–H groups in total. The number of likely N-dealkylation sites (tertiary alicyclic amines) is 1. The molecule has 98 valence electrons. The van der Waals surface area contributed by atoms with Gasteiger partial charge < -0.3 is 10.2 Å². The predicted molar refractivity (Wildman–Crippen MR) is 70.9 cm³/mol. The number of rotatable bonds is 2. The molecule has 0 unspecified atom stereocenters. The van der Waals surface area contributed by atoms with Crippen LogP contribution < -0.4 is 5.32 Å². The third-order valence-corrected chi connectivity index (χ3v) is 3.75. The molecule has 0 aliphatic carbocycles. The van der Waals surface area contributed by atoms with Crippen LogP contribution in [-0.4, -0.2) is 45.1 Å². The first kappa shape index (κ1) is 12.0. The molecular weight excluding hydrogens is 264 g/mol. The predicted octanol–water partition coefficient (Wildman–Crippen LogP) is 0.652. The van der Waals surface area contributed by atoms with Crippen molar-refractivity contribution in [3.63, 3.8) is 0 Å². The number of carbonyl (C=O) groups excluding carboxylic acids is 2. The van der Waals surface area contributed by atoms with E-state index in [2.05, 4.69) is 14.1 Å². The molecule has 7 heteroatoms. The van der Waals surface area contributed by atoms with Gasteiger partial charge in [-0.15, -0.1) is 0 Å². The number of nitrogens with one attached hydrogen (secondary N) is 1. The van der Waals surface area contributed by atoms with Crippen LogP contribution in [-0.2, 0) is 4.79 Å². The second-order valence-corrected chi connectivity index (χ2v) is 5.14. The lowest BCUT2D eigenvalue weighted by molar-refractivity contribution is -0.126. The average molecular weight is 276 g/mol. The topological polar surface area (TPSA) is 75.2 Å². The third-order valence-electron chi connectivity index (χ3n) is 3.19. The van der Waals surface area contributed by atoms with Gasteiger partial charge >= 0.3 is 0 Å². The van der Waals surface area contributed by atoms with Gasteiger partial charge in [0.15, 0.2) is 0 Å². The molecule has 1 aromatic heterocycles. The van der Waals surface area contributed by atoms with E-state index in [1.807, 2.05) is 0 Å². The Morgan fingerprint density at radius 2 is 2.21 bits per heavy atom. The molecule has 19 heavy (non-hydrogen) atoms. The summed E-state index contributed by atoms with van der Waals surface area (Å²) in [7, 11) is 1.74. The number of amides is 2. The van der Waals surface area contributed by atoms with E-state index < -0.39 is 0 Å². The van der Waals surface area contributed by atoms with Crippen LogP contribution in [0, 0.1) is 0 Å². The first-order valence-corrected chi connectivity index (χ1v) is 6.63. The van der Waals surface area contributed by atoms with Crippen LogP contribution in [0.4, 0.5) is 0 Å². The molecule has 2 amide bonds. The number of fused-ring (bicyclic) bond motifs is 1. The Labute approximate surface area is 113 Å². The van der Waals surface area contributed by atoms with Gasteiger partial charge in [0, 0.05) is 25.6 Å². The van der Waals surface area contributed by atoms with Crippen molar-refractivity contribution in [1.82, 2.24) is 19.0 Å². The Hall–Kier alpha value is -2.02. The maximum Gasteiger partial charge on any atom is 0.251 e. The van der Waals surface area contributed by atoms with E-state index in [-0.39, 0.29) is 17.9 Å². The van der Waals surface area contributed by atoms with E-state index in [9.17, 15) is 9.59 Å². The fourth-order valence-corrected chi connectivity index (χ4v) is 2.67. The molecule has 0 radical (unpaired) electrons. The zero-order chi connectivity index (χ0) is 13.4. The highest BCUT2D eigenvalue weighted by Gasteiger charge is 2.28. The smallest absolute Gasteiger partial charge is 0.251 e. The number of benzene rings is 1. The van der Waals surface area contributed by atoms with Crippen LogP contribution in [0.2, 0.25) is 0 Å². The average Bonchev–Trinajstić information content (AvgIpc) is 2.96. The van der Waals surface area contributed by atoms with Crippen molar-refractivity contribution in [2.75, 3.05) is 13.6 Å². The Kier molecular flexibility index (Phi) is 2.90. The largest absolute Gasteiger partial charge is 0.347 e. The van der Waals surface area contributed by atoms with Crippen LogP contribution in [0.25, 0.3) is 11.0 Å². The van der Waals surface area contributed by atoms with Crippen molar-refractivity contribution >= 4 is 34.6 Å². The van der Waals surface area contributed by atoms with E-state index in [0.29, 0.717) is 18.5 Å². The lowest BCUT2D eigenvalue weighted by Gasteiger charge is -2.12. The Morgan fingerprint density at radius 1 is 1.42 bits per heavy atom. The number of likely N-dealkylation sites (N-methyl/N-ethyl adjacent to an activating group) is 1. The lowest BCUT2D eigenvalue weighted by atomic mass is 10.1. The quantitative estimate of drug-likeness (QED) is 0.874. The number of carbonyl (C=O) groups is 2. The van der Waals surface area contributed by atoms with Gasteiger partial charge in [-0.2, -0.15) is 8.75 Å². The van der Waals surface area contributed by atoms with Gasteiger partial charge in [0.1, 0.15) is 11.0 Å². The van der Waals surface area contributed by atoms with Gasteiger partial charge in [-0.05, 0) is 18.2 Å². The second kappa shape index (κ2) is 4.58. The molecule has 2 aromatic rings. The highest BCUT2D eigenvalue weighted by atomic mass is 32.1. The summed E-state index contributed by atoms with van der Waals surface area (Å²) in [5, 5.41) is 2.87. The number of aromatic nitrogens is 2. The van der Waals surface area contributed by atoms with Gasteiger partial charge in [-0.25, -0.2) is 0 Å². The van der Waals surface area contributed by atoms with E-state index >= 15 is 0 Å². The minimum Gasteiger partial charge on any atom is -0.347 e. The van der Waals surface area contributed by atoms with Gasteiger partial charge in [0.25, 0.3) is 5.91 Å². The van der Waals surface area contributed by atoms with Crippen LogP contribution in [0.15, 0.2) is 18.2 Å². The van der Waals surface area contributed by atoms with Gasteiger partial charge in [-0.3, -0.25) is 9.59 Å². The van der Waals surface area contributed by atoms with Crippen molar-refractivity contribution in [3.05, 3.63) is 23.8 Å². The fraction of sp³-hybridized carbons (Fsp3) is 0.333. The summed E-state index contributed by atoms with van der Waals surface area (Å²) in [5.41, 5.74) is 2.05. The first-order valence-electron chi connectivity index (χ1n) is 5.90. The minimum absolute atomic E-state index is 0.0597. The molecule has 1 aliphatic rings. The molecule has 1 saturated heterocycles. The molecule has 0 bridgehead atoms. The van der Waals surface area contributed by atoms with E-state index in [1.54, 1.807) is 30.1 Å². The summed E-state index contributed by atoms with van der Waals surface area (Å²) in [5.74, 6) is -0.118. The molecule has 1 atom stereocenters. The molecular formula is C12H12N4O2S. The van der Waals surface area contributed by atoms with E-state index in [4.69, 9.17) is 0 Å². The van der Waals surface area contributed by atoms with Crippen molar-refractivity contribution in [1.29, 1.82) is 0 Å². The fourth-order valence-electron chi connectivity index (χ4n) is 2.15. The summed E-state index contributed by atoms with van der Waals surface area (Å²) < 4.78 is 8.20. The van der Waals surface area contributed by atoms with Crippen molar-refractivity contribution in [2.24, 2.45) is 0 Å². The summed E-state index contributed by atoms with van der Waals surface area (Å²) in [6.07, 6.45) is 0.364. The summed E-state index contributed by atoms with van der Waals surface area (Å²) in [4.78, 5) is 25.1. The van der Waals surface area contributed by atoms with E-state index in [0.717, 1.165) is 22.8 Å². The molecule has 3 rings (SSSR count). The number of hydrogen-bond donors (Lipinski definition) is 1. The van der Waals surface area contributed by atoms with Crippen LogP contribution in [0.1, 0.15) is 16.8 Å². The molecule has 0 saturated carbocycles. The van der Waals surface area contributed by atoms with Crippen molar-refractivity contribution in [3.8, 4) is 0 Å². The Morgan fingerprint density at radius 3 is 2.95 bits per heavy atom. The Balaban J connectivity index is 1.75. The van der Waals surface area contributed by atoms with Crippen LogP contribution in [0.3, 0.4) is 0 Å². The molecule has 1 fully saturated rings. The van der Waals surface area contributed by atoms with Crippen molar-refractivity contribution in [2.45, 2.75) is 12.5 Å². The lowest BCUT2D eigenvalue weighted by Crippen LogP contribution is -2.36. The first-order chi connectivity index (χ1) is 9.13. The molecule has 1 aromatic carbocycles. The van der Waals surface area contributed by atoms with Gasteiger partial charge in [0.2, 0.25) is 5.91 Å². The van der Waals surface area contributed by atoms with Gasteiger partial charge in [-0.1, -0.05) is 0 Å². The molecule has 6 nitrogen and oxygen atoms in total. The summed E-state index contributed by atoms with van der Waals surface area (Å²) in [6, 6.07) is 5.10. The molecule has 2 heterocycles. The highest BCUT2D eigenvalue weighted by molar-refractivity contribution is 7.00. The van der Waals surface area contributed by atoms with Crippen LogP contribution >= 0.6 is 11.7 Å². The third kappa shape index (κ3) is 2.28. The number of nitrogens with zero attached hydrogens (tertiary/aromatic N) is 3. The van der Waals surface area contributed by atoms with Crippen molar-refractivity contribution < 1.29 is 9.59 Å². The maximum atomic E-state index is 12.1. The molecule has 1 aliphatic heterocycles. The summed E-state index contributed by atoms with van der Waals surface area (Å²) >= 11 is 1.12. The maximum absolute atomic E-state index is 12.1. The SMILES string of the molecule is CN1C[C@H](NC(=O)c2ccc3nsnc3c2)CC1=O. The highest BCUT2D eigenvalue weighted by Crippen LogP contribution is 2.14. The molecule has 0 spiro atoms. The number of hydrogen-bond acceptors (Lipinski definition) is 5. The van der Waals surface area contributed by atoms with Crippen LogP contribution in [0.5, 0.6) is 0 Å². The zero-order valence-electron chi connectivity index (χ0n) is 10.3. The second-order valence-electron chi connectivity index (χ2n) is 4.62. The standard InChI is InChI=1S/C12H12N4O2S/c1-16-6-8(5-11(16)17)13-12(18)7-2-3-9-10(4-7)15-19-14-9/h2-4,8H,5-6H2,1H3,(H,13,18)/t8-/m1/s1. The normalized spacial score (nSPS) is 19.1. The Bertz CT molecular complexity index is 654.